The molecule has 210 valence electrons. The van der Waals surface area contributed by atoms with Crippen LogP contribution in [-0.2, 0) is 9.47 Å². The molecule has 0 N–H and O–H groups in total. The van der Waals surface area contributed by atoms with Crippen LogP contribution in [0.4, 0.5) is 13.2 Å². The molecule has 6 heteroatoms. The van der Waals surface area contributed by atoms with Crippen molar-refractivity contribution >= 4 is 0 Å². The van der Waals surface area contributed by atoms with Crippen molar-refractivity contribution in [1.29, 1.82) is 0 Å². The Morgan fingerprint density at radius 3 is 2.08 bits per heavy atom. The molecule has 0 aromatic heterocycles. The summed E-state index contributed by atoms with van der Waals surface area (Å²) in [6.07, 6.45) is 8.23. The van der Waals surface area contributed by atoms with Crippen LogP contribution in [0.5, 0.6) is 5.75 Å². The van der Waals surface area contributed by atoms with E-state index >= 15 is 4.39 Å². The molecular weight excluding hydrogens is 501 g/mol. The van der Waals surface area contributed by atoms with E-state index in [4.69, 9.17) is 14.2 Å². The Morgan fingerprint density at radius 2 is 1.38 bits per heavy atom. The summed E-state index contributed by atoms with van der Waals surface area (Å²) < 4.78 is 61.4. The van der Waals surface area contributed by atoms with Crippen LogP contribution >= 0.6 is 0 Å². The van der Waals surface area contributed by atoms with Crippen molar-refractivity contribution in [3.63, 3.8) is 0 Å². The Bertz CT molecular complexity index is 1190. The summed E-state index contributed by atoms with van der Waals surface area (Å²) >= 11 is 0. The van der Waals surface area contributed by atoms with E-state index in [-0.39, 0.29) is 11.3 Å². The lowest BCUT2D eigenvalue weighted by atomic mass is 9.98. The first kappa shape index (κ1) is 29.2. The molecule has 0 bridgehead atoms. The van der Waals surface area contributed by atoms with E-state index < -0.39 is 23.7 Å². The highest BCUT2D eigenvalue weighted by Crippen LogP contribution is 2.34. The maximum Gasteiger partial charge on any atom is 0.201 e. The van der Waals surface area contributed by atoms with Crippen molar-refractivity contribution in [2.24, 2.45) is 5.92 Å². The third-order valence-corrected chi connectivity index (χ3v) is 7.27. The Labute approximate surface area is 230 Å². The number of hydrogen-bond acceptors (Lipinski definition) is 3. The minimum Gasteiger partial charge on any atom is -0.490 e. The average molecular weight is 541 g/mol. The third-order valence-electron chi connectivity index (χ3n) is 7.27. The van der Waals surface area contributed by atoms with Gasteiger partial charge in [0.2, 0.25) is 5.82 Å². The second kappa shape index (κ2) is 14.5. The lowest BCUT2D eigenvalue weighted by molar-refractivity contribution is -0.207. The van der Waals surface area contributed by atoms with Crippen molar-refractivity contribution in [3.8, 4) is 28.0 Å². The molecule has 1 saturated heterocycles. The molecule has 0 amide bonds. The lowest BCUT2D eigenvalue weighted by Crippen LogP contribution is -2.27. The highest BCUT2D eigenvalue weighted by molar-refractivity contribution is 5.71. The molecule has 3 aromatic rings. The molecule has 0 saturated carbocycles. The number of unbranched alkanes of at least 4 members (excludes halogenated alkanes) is 5. The molecule has 0 atom stereocenters. The van der Waals surface area contributed by atoms with Crippen molar-refractivity contribution in [1.82, 2.24) is 0 Å². The van der Waals surface area contributed by atoms with Gasteiger partial charge in [0, 0.05) is 17.0 Å². The first-order valence-electron chi connectivity index (χ1n) is 14.3. The summed E-state index contributed by atoms with van der Waals surface area (Å²) in [7, 11) is 0. The molecule has 0 aliphatic carbocycles. The molecular formula is C33H39F3O3. The molecule has 3 nitrogen and oxygen atoms in total. The van der Waals surface area contributed by atoms with E-state index in [0.717, 1.165) is 24.8 Å². The van der Waals surface area contributed by atoms with E-state index in [1.54, 1.807) is 30.3 Å². The number of halogens is 3. The summed E-state index contributed by atoms with van der Waals surface area (Å²) in [5.74, 6) is -2.06. The second-order valence-corrected chi connectivity index (χ2v) is 10.3. The predicted octanol–water partition coefficient (Wildman–Crippen LogP) is 9.64. The topological polar surface area (TPSA) is 27.7 Å². The quantitative estimate of drug-likeness (QED) is 0.202. The summed E-state index contributed by atoms with van der Waals surface area (Å²) in [5.41, 5.74) is 2.49. The van der Waals surface area contributed by atoms with E-state index in [1.807, 2.05) is 13.0 Å². The molecule has 1 aliphatic heterocycles. The SMILES string of the molecule is CCCCCCCC1COC(c2ccc(-c3ccc(-c4ccc(OCCCC)c(F)c4F)cc3)cc2F)OC1. The van der Waals surface area contributed by atoms with Crippen molar-refractivity contribution < 1.29 is 27.4 Å². The lowest BCUT2D eigenvalue weighted by Gasteiger charge is -2.30. The van der Waals surface area contributed by atoms with Gasteiger partial charge in [0.05, 0.1) is 19.8 Å². The second-order valence-electron chi connectivity index (χ2n) is 10.3. The van der Waals surface area contributed by atoms with Gasteiger partial charge in [-0.15, -0.1) is 0 Å². The number of ether oxygens (including phenoxy) is 3. The van der Waals surface area contributed by atoms with E-state index in [1.165, 1.54) is 50.3 Å². The monoisotopic (exact) mass is 540 g/mol. The molecule has 1 heterocycles. The van der Waals surface area contributed by atoms with Gasteiger partial charge in [0.1, 0.15) is 5.82 Å². The van der Waals surface area contributed by atoms with Gasteiger partial charge in [-0.1, -0.05) is 88.8 Å². The Hall–Kier alpha value is -2.83. The minimum absolute atomic E-state index is 0.0826. The molecule has 0 radical (unpaired) electrons. The molecule has 1 fully saturated rings. The van der Waals surface area contributed by atoms with Crippen LogP contribution in [0.1, 0.15) is 77.1 Å². The van der Waals surface area contributed by atoms with Crippen molar-refractivity contribution in [3.05, 3.63) is 77.6 Å². The first-order valence-corrected chi connectivity index (χ1v) is 14.3. The molecule has 0 spiro atoms. The molecule has 39 heavy (non-hydrogen) atoms. The summed E-state index contributed by atoms with van der Waals surface area (Å²) in [6, 6.07) is 14.9. The number of hydrogen-bond donors (Lipinski definition) is 0. The van der Waals surface area contributed by atoms with Gasteiger partial charge in [0.15, 0.2) is 17.9 Å². The van der Waals surface area contributed by atoms with Gasteiger partial charge in [-0.25, -0.2) is 8.78 Å². The summed E-state index contributed by atoms with van der Waals surface area (Å²) in [5, 5.41) is 0. The maximum atomic E-state index is 15.1. The van der Waals surface area contributed by atoms with Gasteiger partial charge >= 0.3 is 0 Å². The minimum atomic E-state index is -0.990. The Morgan fingerprint density at radius 1 is 0.718 bits per heavy atom. The maximum absolute atomic E-state index is 15.1. The van der Waals surface area contributed by atoms with Crippen LogP contribution in [0.25, 0.3) is 22.3 Å². The molecule has 4 rings (SSSR count). The van der Waals surface area contributed by atoms with Crippen LogP contribution in [-0.4, -0.2) is 19.8 Å². The zero-order valence-corrected chi connectivity index (χ0v) is 23.0. The standard InChI is InChI=1S/C33H39F3O3/c1-3-5-7-8-9-10-23-21-38-33(39-22-23)28-16-15-26(20-29(28)34)24-11-13-25(14-12-24)27-17-18-30(32(36)31(27)35)37-19-6-4-2/h11-18,20,23,33H,3-10,19,21-22H2,1-2H3. The van der Waals surface area contributed by atoms with Crippen LogP contribution in [0.2, 0.25) is 0 Å². The van der Waals surface area contributed by atoms with Crippen molar-refractivity contribution in [2.45, 2.75) is 71.5 Å². The third kappa shape index (κ3) is 7.64. The summed E-state index contributed by atoms with van der Waals surface area (Å²) in [4.78, 5) is 0. The van der Waals surface area contributed by atoms with Crippen LogP contribution in [0, 0.1) is 23.4 Å². The molecule has 0 unspecified atom stereocenters. The van der Waals surface area contributed by atoms with E-state index in [0.29, 0.717) is 42.4 Å². The van der Waals surface area contributed by atoms with Gasteiger partial charge in [0.25, 0.3) is 0 Å². The fraction of sp³-hybridized carbons (Fsp3) is 0.455. The van der Waals surface area contributed by atoms with Gasteiger partial charge in [-0.3, -0.25) is 0 Å². The normalized spacial score (nSPS) is 17.4. The Balaban J connectivity index is 1.37. The van der Waals surface area contributed by atoms with Crippen molar-refractivity contribution in [2.75, 3.05) is 19.8 Å². The largest absolute Gasteiger partial charge is 0.490 e. The highest BCUT2D eigenvalue weighted by Gasteiger charge is 2.26. The number of benzene rings is 3. The summed E-state index contributed by atoms with van der Waals surface area (Å²) in [6.45, 7) is 5.70. The zero-order valence-electron chi connectivity index (χ0n) is 23.0. The zero-order chi connectivity index (χ0) is 27.6. The van der Waals surface area contributed by atoms with Crippen LogP contribution < -0.4 is 4.74 Å². The van der Waals surface area contributed by atoms with Gasteiger partial charge < -0.3 is 14.2 Å². The molecule has 1 aliphatic rings. The van der Waals surface area contributed by atoms with Crippen LogP contribution in [0.3, 0.4) is 0 Å². The number of rotatable bonds is 13. The van der Waals surface area contributed by atoms with Gasteiger partial charge in [-0.05, 0) is 47.7 Å². The fourth-order valence-corrected chi connectivity index (χ4v) is 4.86. The van der Waals surface area contributed by atoms with E-state index in [9.17, 15) is 8.78 Å². The van der Waals surface area contributed by atoms with Crippen LogP contribution in [0.15, 0.2) is 54.6 Å². The average Bonchev–Trinajstić information content (AvgIpc) is 2.96. The van der Waals surface area contributed by atoms with Gasteiger partial charge in [-0.2, -0.15) is 4.39 Å². The fourth-order valence-electron chi connectivity index (χ4n) is 4.86. The highest BCUT2D eigenvalue weighted by atomic mass is 19.2. The smallest absolute Gasteiger partial charge is 0.201 e. The Kier molecular flexibility index (Phi) is 10.9. The molecule has 3 aromatic carbocycles. The van der Waals surface area contributed by atoms with E-state index in [2.05, 4.69) is 6.92 Å². The predicted molar refractivity (Wildman–Crippen MR) is 149 cm³/mol. The first-order chi connectivity index (χ1) is 19.0.